The maximum atomic E-state index is 10.7. The number of hydrogen-bond acceptors (Lipinski definition) is 3. The van der Waals surface area contributed by atoms with Crippen LogP contribution in [0.4, 0.5) is 5.69 Å². The van der Waals surface area contributed by atoms with Gasteiger partial charge in [-0.3, -0.25) is 10.1 Å². The molecule has 0 aromatic heterocycles. The van der Waals surface area contributed by atoms with Gasteiger partial charge in [0.05, 0.1) is 11.5 Å². The summed E-state index contributed by atoms with van der Waals surface area (Å²) >= 11 is 0. The number of piperidine rings is 1. The zero-order chi connectivity index (χ0) is 14.5. The van der Waals surface area contributed by atoms with E-state index in [1.54, 1.807) is 6.07 Å². The molecule has 1 aliphatic rings. The third-order valence-corrected chi connectivity index (χ3v) is 3.65. The maximum absolute atomic E-state index is 10.7. The Hall–Kier alpha value is -2.11. The first-order valence-corrected chi connectivity index (χ1v) is 6.84. The topological polar surface area (TPSA) is 84.8 Å². The van der Waals surface area contributed by atoms with Gasteiger partial charge >= 0.3 is 0 Å². The minimum atomic E-state index is -0.400. The highest BCUT2D eigenvalue weighted by Gasteiger charge is 2.16. The van der Waals surface area contributed by atoms with E-state index in [0.717, 1.165) is 37.4 Å². The van der Waals surface area contributed by atoms with E-state index >= 15 is 0 Å². The molecule has 0 bridgehead atoms. The summed E-state index contributed by atoms with van der Waals surface area (Å²) in [5, 5.41) is 10.7. The lowest BCUT2D eigenvalue weighted by Crippen LogP contribution is -2.42. The number of benzene rings is 1. The normalized spacial score (nSPS) is 17.2. The van der Waals surface area contributed by atoms with Crippen LogP contribution in [0.1, 0.15) is 25.3 Å². The average Bonchev–Trinajstić information content (AvgIpc) is 2.46. The molecule has 0 aliphatic carbocycles. The second kappa shape index (κ2) is 6.36. The van der Waals surface area contributed by atoms with Gasteiger partial charge in [0.2, 0.25) is 0 Å². The predicted molar refractivity (Wildman–Crippen MR) is 78.4 cm³/mol. The molecule has 2 N–H and O–H groups in total. The lowest BCUT2D eigenvalue weighted by Gasteiger charge is -2.31. The third kappa shape index (κ3) is 3.69. The van der Waals surface area contributed by atoms with Crippen molar-refractivity contribution in [3.63, 3.8) is 0 Å². The van der Waals surface area contributed by atoms with Gasteiger partial charge in [0, 0.05) is 25.2 Å². The molecule has 1 aromatic rings. The number of nitro groups is 1. The van der Waals surface area contributed by atoms with Crippen molar-refractivity contribution in [1.29, 1.82) is 0 Å². The number of hydrogen-bond donors (Lipinski definition) is 1. The molecular formula is C14H20N4O2. The molecule has 2 rings (SSSR count). The summed E-state index contributed by atoms with van der Waals surface area (Å²) in [6.07, 6.45) is 2.26. The minimum absolute atomic E-state index is 0.0862. The van der Waals surface area contributed by atoms with Crippen LogP contribution in [0.2, 0.25) is 0 Å². The van der Waals surface area contributed by atoms with Crippen LogP contribution >= 0.6 is 0 Å². The highest BCUT2D eigenvalue weighted by Crippen LogP contribution is 2.16. The van der Waals surface area contributed by atoms with Crippen LogP contribution in [0.5, 0.6) is 0 Å². The first kappa shape index (κ1) is 14.3. The number of aliphatic imine (C=N–C) groups is 1. The Morgan fingerprint density at radius 1 is 1.50 bits per heavy atom. The number of non-ortho nitro benzene ring substituents is 1. The van der Waals surface area contributed by atoms with Gasteiger partial charge < -0.3 is 10.6 Å². The van der Waals surface area contributed by atoms with Crippen molar-refractivity contribution in [2.24, 2.45) is 16.6 Å². The molecule has 6 heteroatoms. The van der Waals surface area contributed by atoms with Crippen LogP contribution < -0.4 is 5.73 Å². The molecule has 0 amide bonds. The van der Waals surface area contributed by atoms with Gasteiger partial charge in [0.1, 0.15) is 0 Å². The molecule has 20 heavy (non-hydrogen) atoms. The third-order valence-electron chi connectivity index (χ3n) is 3.65. The highest BCUT2D eigenvalue weighted by atomic mass is 16.6. The fourth-order valence-corrected chi connectivity index (χ4v) is 2.28. The largest absolute Gasteiger partial charge is 0.370 e. The Labute approximate surface area is 118 Å². The van der Waals surface area contributed by atoms with Crippen molar-refractivity contribution in [3.05, 3.63) is 39.9 Å². The van der Waals surface area contributed by atoms with E-state index in [1.165, 1.54) is 12.1 Å². The SMILES string of the molecule is CC1CCN(C(N)=NCc2cccc([N+](=O)[O-])c2)CC1. The van der Waals surface area contributed by atoms with Crippen LogP contribution in [-0.4, -0.2) is 28.9 Å². The Morgan fingerprint density at radius 2 is 2.20 bits per heavy atom. The summed E-state index contributed by atoms with van der Waals surface area (Å²) in [5.41, 5.74) is 6.87. The Kier molecular flexibility index (Phi) is 4.55. The van der Waals surface area contributed by atoms with E-state index in [0.29, 0.717) is 12.5 Å². The predicted octanol–water partition coefficient (Wildman–Crippen LogP) is 2.14. The van der Waals surface area contributed by atoms with Gasteiger partial charge in [-0.15, -0.1) is 0 Å². The molecule has 0 saturated carbocycles. The minimum Gasteiger partial charge on any atom is -0.370 e. The zero-order valence-corrected chi connectivity index (χ0v) is 11.7. The average molecular weight is 276 g/mol. The molecule has 6 nitrogen and oxygen atoms in total. The van der Waals surface area contributed by atoms with E-state index in [2.05, 4.69) is 16.8 Å². The number of nitrogens with two attached hydrogens (primary N) is 1. The van der Waals surface area contributed by atoms with Crippen molar-refractivity contribution < 1.29 is 4.92 Å². The monoisotopic (exact) mass is 276 g/mol. The van der Waals surface area contributed by atoms with Gasteiger partial charge in [0.25, 0.3) is 5.69 Å². The van der Waals surface area contributed by atoms with Crippen LogP contribution in [0.15, 0.2) is 29.3 Å². The van der Waals surface area contributed by atoms with Crippen LogP contribution in [-0.2, 0) is 6.54 Å². The van der Waals surface area contributed by atoms with Gasteiger partial charge in [-0.1, -0.05) is 19.1 Å². The first-order chi connectivity index (χ1) is 9.56. The summed E-state index contributed by atoms with van der Waals surface area (Å²) in [7, 11) is 0. The van der Waals surface area contributed by atoms with Gasteiger partial charge in [-0.25, -0.2) is 4.99 Å². The smallest absolute Gasteiger partial charge is 0.269 e. The molecule has 0 spiro atoms. The molecule has 1 heterocycles. The number of rotatable bonds is 3. The molecule has 1 aliphatic heterocycles. The van der Waals surface area contributed by atoms with Crippen LogP contribution in [0, 0.1) is 16.0 Å². The molecular weight excluding hydrogens is 256 g/mol. The van der Waals surface area contributed by atoms with Crippen LogP contribution in [0.25, 0.3) is 0 Å². The standard InChI is InChI=1S/C14H20N4O2/c1-11-5-7-17(8-6-11)14(15)16-10-12-3-2-4-13(9-12)18(19)20/h2-4,9,11H,5-8,10H2,1H3,(H2,15,16). The fraction of sp³-hybridized carbons (Fsp3) is 0.500. The van der Waals surface area contributed by atoms with E-state index in [9.17, 15) is 10.1 Å². The first-order valence-electron chi connectivity index (χ1n) is 6.84. The van der Waals surface area contributed by atoms with Gasteiger partial charge in [-0.05, 0) is 24.3 Å². The number of likely N-dealkylation sites (tertiary alicyclic amines) is 1. The van der Waals surface area contributed by atoms with E-state index < -0.39 is 4.92 Å². The zero-order valence-electron chi connectivity index (χ0n) is 11.7. The molecule has 0 atom stereocenters. The quantitative estimate of drug-likeness (QED) is 0.397. The second-order valence-electron chi connectivity index (χ2n) is 5.27. The number of nitro benzene ring substituents is 1. The molecule has 0 radical (unpaired) electrons. The number of guanidine groups is 1. The second-order valence-corrected chi connectivity index (χ2v) is 5.27. The fourth-order valence-electron chi connectivity index (χ4n) is 2.28. The Bertz CT molecular complexity index is 508. The van der Waals surface area contributed by atoms with E-state index in [-0.39, 0.29) is 5.69 Å². The van der Waals surface area contributed by atoms with Crippen molar-refractivity contribution in [2.45, 2.75) is 26.3 Å². The van der Waals surface area contributed by atoms with Gasteiger partial charge in [-0.2, -0.15) is 0 Å². The summed E-state index contributed by atoms with van der Waals surface area (Å²) < 4.78 is 0. The van der Waals surface area contributed by atoms with Crippen LogP contribution in [0.3, 0.4) is 0 Å². The Balaban J connectivity index is 1.98. The summed E-state index contributed by atoms with van der Waals surface area (Å²) in [5.74, 6) is 1.28. The van der Waals surface area contributed by atoms with E-state index in [4.69, 9.17) is 5.73 Å². The maximum Gasteiger partial charge on any atom is 0.269 e. The molecule has 108 valence electrons. The summed E-state index contributed by atoms with van der Waals surface area (Å²) in [6.45, 7) is 4.49. The Morgan fingerprint density at radius 3 is 2.85 bits per heavy atom. The highest BCUT2D eigenvalue weighted by molar-refractivity contribution is 5.78. The molecule has 0 unspecified atom stereocenters. The number of nitrogens with zero attached hydrogens (tertiary/aromatic N) is 3. The van der Waals surface area contributed by atoms with Gasteiger partial charge in [0.15, 0.2) is 5.96 Å². The van der Waals surface area contributed by atoms with Crippen molar-refractivity contribution >= 4 is 11.6 Å². The van der Waals surface area contributed by atoms with Crippen molar-refractivity contribution in [3.8, 4) is 0 Å². The molecule has 1 aromatic carbocycles. The summed E-state index contributed by atoms with van der Waals surface area (Å²) in [6, 6.07) is 6.50. The summed E-state index contributed by atoms with van der Waals surface area (Å²) in [4.78, 5) is 16.7. The lowest BCUT2D eigenvalue weighted by molar-refractivity contribution is -0.384. The molecule has 1 fully saturated rings. The van der Waals surface area contributed by atoms with Crippen molar-refractivity contribution in [2.75, 3.05) is 13.1 Å². The lowest BCUT2D eigenvalue weighted by atomic mass is 10.00. The van der Waals surface area contributed by atoms with E-state index in [1.807, 2.05) is 6.07 Å². The van der Waals surface area contributed by atoms with Crippen molar-refractivity contribution in [1.82, 2.24) is 4.90 Å². The molecule has 1 saturated heterocycles.